The van der Waals surface area contributed by atoms with Crippen molar-refractivity contribution in [2.24, 2.45) is 0 Å². The van der Waals surface area contributed by atoms with Crippen molar-refractivity contribution in [2.75, 3.05) is 17.1 Å². The van der Waals surface area contributed by atoms with Gasteiger partial charge in [0.05, 0.1) is 11.9 Å². The van der Waals surface area contributed by atoms with Gasteiger partial charge in [-0.05, 0) is 48.7 Å². The van der Waals surface area contributed by atoms with Crippen LogP contribution < -0.4 is 9.62 Å². The summed E-state index contributed by atoms with van der Waals surface area (Å²) in [5.41, 5.74) is 2.10. The van der Waals surface area contributed by atoms with Crippen molar-refractivity contribution in [3.63, 3.8) is 0 Å². The normalized spacial score (nSPS) is 12.8. The number of nitrogens with zero attached hydrogens (tertiary/aromatic N) is 2. The first-order valence-electron chi connectivity index (χ1n) is 12.5. The summed E-state index contributed by atoms with van der Waals surface area (Å²) >= 11 is 3.43. The molecule has 0 saturated carbocycles. The Morgan fingerprint density at radius 3 is 2.03 bits per heavy atom. The van der Waals surface area contributed by atoms with Gasteiger partial charge in [0.15, 0.2) is 0 Å². The molecule has 3 aromatic carbocycles. The fraction of sp³-hybridized carbons (Fsp3) is 0.310. The summed E-state index contributed by atoms with van der Waals surface area (Å²) in [6.07, 6.45) is 2.10. The summed E-state index contributed by atoms with van der Waals surface area (Å²) in [6.45, 7) is 3.61. The Labute approximate surface area is 234 Å². The average molecular weight is 601 g/mol. The molecule has 0 heterocycles. The summed E-state index contributed by atoms with van der Waals surface area (Å²) in [4.78, 5) is 29.1. The summed E-state index contributed by atoms with van der Waals surface area (Å²) in [5, 5.41) is 3.02. The first kappa shape index (κ1) is 29.4. The van der Waals surface area contributed by atoms with Gasteiger partial charge in [0.25, 0.3) is 0 Å². The van der Waals surface area contributed by atoms with Crippen LogP contribution in [0.15, 0.2) is 89.4 Å². The fourth-order valence-corrected chi connectivity index (χ4v) is 5.10. The first-order valence-corrected chi connectivity index (χ1v) is 15.1. The monoisotopic (exact) mass is 599 g/mol. The Kier molecular flexibility index (Phi) is 10.5. The third-order valence-corrected chi connectivity index (χ3v) is 7.93. The lowest BCUT2D eigenvalue weighted by atomic mass is 10.0. The van der Waals surface area contributed by atoms with Crippen LogP contribution in [0.5, 0.6) is 0 Å². The van der Waals surface area contributed by atoms with Gasteiger partial charge in [-0.1, -0.05) is 83.5 Å². The molecular weight excluding hydrogens is 566 g/mol. The zero-order chi connectivity index (χ0) is 27.7. The molecule has 3 aromatic rings. The maximum Gasteiger partial charge on any atom is 0.244 e. The van der Waals surface area contributed by atoms with Gasteiger partial charge in [-0.15, -0.1) is 0 Å². The van der Waals surface area contributed by atoms with Gasteiger partial charge in [0.2, 0.25) is 21.8 Å². The smallest absolute Gasteiger partial charge is 0.244 e. The zero-order valence-corrected chi connectivity index (χ0v) is 24.3. The molecule has 0 aromatic heterocycles. The van der Waals surface area contributed by atoms with Crippen molar-refractivity contribution < 1.29 is 18.0 Å². The number of halogens is 1. The number of benzene rings is 3. The molecule has 2 atom stereocenters. The molecule has 38 heavy (non-hydrogen) atoms. The highest BCUT2D eigenvalue weighted by Crippen LogP contribution is 2.21. The van der Waals surface area contributed by atoms with Gasteiger partial charge in [-0.3, -0.25) is 13.9 Å². The number of carbonyl (C=O) groups excluding carboxylic acids is 2. The number of nitrogens with one attached hydrogen (secondary N) is 1. The largest absolute Gasteiger partial charge is 0.352 e. The van der Waals surface area contributed by atoms with Gasteiger partial charge >= 0.3 is 0 Å². The summed E-state index contributed by atoms with van der Waals surface area (Å²) in [7, 11) is -3.77. The van der Waals surface area contributed by atoms with Crippen molar-refractivity contribution in [1.29, 1.82) is 0 Å². The van der Waals surface area contributed by atoms with Crippen molar-refractivity contribution in [1.82, 2.24) is 10.2 Å². The summed E-state index contributed by atoms with van der Waals surface area (Å²) < 4.78 is 27.4. The number of rotatable bonds is 12. The third kappa shape index (κ3) is 8.43. The lowest BCUT2D eigenvalue weighted by Crippen LogP contribution is -2.54. The molecule has 0 spiro atoms. The number of para-hydroxylation sites is 1. The van der Waals surface area contributed by atoms with Crippen LogP contribution in [0.2, 0.25) is 0 Å². The van der Waals surface area contributed by atoms with E-state index in [4.69, 9.17) is 0 Å². The molecule has 9 heteroatoms. The summed E-state index contributed by atoms with van der Waals surface area (Å²) in [5.74, 6) is -0.748. The molecule has 0 radical (unpaired) electrons. The van der Waals surface area contributed by atoms with Gasteiger partial charge < -0.3 is 10.2 Å². The highest BCUT2D eigenvalue weighted by Gasteiger charge is 2.33. The minimum atomic E-state index is -3.77. The van der Waals surface area contributed by atoms with Crippen molar-refractivity contribution in [3.8, 4) is 0 Å². The average Bonchev–Trinajstić information content (AvgIpc) is 2.90. The Morgan fingerprint density at radius 1 is 0.895 bits per heavy atom. The van der Waals surface area contributed by atoms with Crippen molar-refractivity contribution in [3.05, 3.63) is 101 Å². The number of hydrogen-bond acceptors (Lipinski definition) is 4. The van der Waals surface area contributed by atoms with Gasteiger partial charge in [0.1, 0.15) is 12.6 Å². The molecule has 202 valence electrons. The van der Waals surface area contributed by atoms with Crippen molar-refractivity contribution in [2.45, 2.75) is 45.3 Å². The van der Waals surface area contributed by atoms with Crippen LogP contribution in [-0.4, -0.2) is 50.0 Å². The van der Waals surface area contributed by atoms with E-state index < -0.39 is 28.5 Å². The second kappa shape index (κ2) is 13.6. The van der Waals surface area contributed by atoms with E-state index in [1.165, 1.54) is 4.90 Å². The minimum Gasteiger partial charge on any atom is -0.352 e. The van der Waals surface area contributed by atoms with Crippen LogP contribution in [0.25, 0.3) is 0 Å². The minimum absolute atomic E-state index is 0.0813. The summed E-state index contributed by atoms with van der Waals surface area (Å²) in [6, 6.07) is 24.6. The number of carbonyl (C=O) groups is 2. The van der Waals surface area contributed by atoms with Crippen LogP contribution in [0.3, 0.4) is 0 Å². The van der Waals surface area contributed by atoms with E-state index in [2.05, 4.69) is 21.2 Å². The van der Waals surface area contributed by atoms with Crippen LogP contribution in [0, 0.1) is 0 Å². The molecule has 0 aliphatic heterocycles. The van der Waals surface area contributed by atoms with Gasteiger partial charge in [-0.25, -0.2) is 8.42 Å². The highest BCUT2D eigenvalue weighted by molar-refractivity contribution is 9.10. The molecule has 0 fully saturated rings. The second-order valence-corrected chi connectivity index (χ2v) is 12.1. The van der Waals surface area contributed by atoms with Crippen LogP contribution in [0.1, 0.15) is 31.4 Å². The number of hydrogen-bond donors (Lipinski definition) is 1. The molecule has 0 saturated heterocycles. The van der Waals surface area contributed by atoms with E-state index >= 15 is 0 Å². The molecule has 3 rings (SSSR count). The van der Waals surface area contributed by atoms with Crippen LogP contribution in [0.4, 0.5) is 5.69 Å². The highest BCUT2D eigenvalue weighted by atomic mass is 79.9. The molecule has 0 bridgehead atoms. The number of anilines is 1. The Morgan fingerprint density at radius 2 is 1.47 bits per heavy atom. The molecule has 0 aliphatic rings. The van der Waals surface area contributed by atoms with E-state index in [9.17, 15) is 18.0 Å². The molecule has 2 amide bonds. The van der Waals surface area contributed by atoms with Crippen LogP contribution >= 0.6 is 15.9 Å². The van der Waals surface area contributed by atoms with Gasteiger partial charge in [-0.2, -0.15) is 0 Å². The SMILES string of the molecule is CC[C@@H](C)NC(=O)[C@H](Cc1ccccc1)N(Cc1ccc(Br)cc1)C(=O)CN(c1ccccc1)S(C)(=O)=O. The predicted octanol–water partition coefficient (Wildman–Crippen LogP) is 4.77. The standard InChI is InChI=1S/C29H34BrN3O4S/c1-4-22(2)31-29(35)27(19-23-11-7-5-8-12-23)32(20-24-15-17-25(30)18-16-24)28(34)21-33(38(3,36)37)26-13-9-6-10-14-26/h5-18,22,27H,4,19-21H2,1-3H3,(H,31,35)/t22-,27+/m1/s1. The topological polar surface area (TPSA) is 86.8 Å². The van der Waals surface area contributed by atoms with E-state index in [-0.39, 0.29) is 24.9 Å². The quantitative estimate of drug-likeness (QED) is 0.325. The molecule has 7 nitrogen and oxygen atoms in total. The van der Waals surface area contributed by atoms with E-state index in [1.54, 1.807) is 30.3 Å². The number of amides is 2. The Hall–Kier alpha value is -3.17. The van der Waals surface area contributed by atoms with E-state index in [0.717, 1.165) is 32.6 Å². The maximum absolute atomic E-state index is 14.0. The van der Waals surface area contributed by atoms with Crippen LogP contribution in [-0.2, 0) is 32.6 Å². The molecule has 0 aliphatic carbocycles. The zero-order valence-electron chi connectivity index (χ0n) is 21.9. The maximum atomic E-state index is 14.0. The van der Waals surface area contributed by atoms with E-state index in [0.29, 0.717) is 5.69 Å². The van der Waals surface area contributed by atoms with Gasteiger partial charge in [0, 0.05) is 23.5 Å². The first-order chi connectivity index (χ1) is 18.1. The second-order valence-electron chi connectivity index (χ2n) is 9.28. The van der Waals surface area contributed by atoms with Crippen molar-refractivity contribution >= 4 is 43.5 Å². The molecular formula is C29H34BrN3O4S. The Bertz CT molecular complexity index is 1300. The lowest BCUT2D eigenvalue weighted by Gasteiger charge is -2.34. The fourth-order valence-electron chi connectivity index (χ4n) is 3.99. The molecule has 0 unspecified atom stereocenters. The Balaban J connectivity index is 2.03. The predicted molar refractivity (Wildman–Crippen MR) is 155 cm³/mol. The van der Waals surface area contributed by atoms with E-state index in [1.807, 2.05) is 68.4 Å². The number of sulfonamides is 1. The lowest BCUT2D eigenvalue weighted by molar-refractivity contribution is -0.140. The molecule has 1 N–H and O–H groups in total. The third-order valence-electron chi connectivity index (χ3n) is 6.26.